The van der Waals surface area contributed by atoms with E-state index in [1.165, 1.54) is 18.4 Å². The molecular weight excluding hydrogens is 328 g/mol. The van der Waals surface area contributed by atoms with Crippen LogP contribution in [0.25, 0.3) is 0 Å². The van der Waals surface area contributed by atoms with Crippen molar-refractivity contribution in [1.82, 2.24) is 15.1 Å². The van der Waals surface area contributed by atoms with Gasteiger partial charge >= 0.3 is 0 Å². The molecule has 1 saturated carbocycles. The third kappa shape index (κ3) is 6.24. The Kier molecular flexibility index (Phi) is 7.75. The summed E-state index contributed by atoms with van der Waals surface area (Å²) in [4.78, 5) is 20.1. The van der Waals surface area contributed by atoms with Gasteiger partial charge in [-0.1, -0.05) is 25.0 Å². The van der Waals surface area contributed by atoms with Gasteiger partial charge in [0.15, 0.2) is 5.96 Å². The fraction of sp³-hybridized carbons (Fsp3) is 0.600. The van der Waals surface area contributed by atoms with Crippen LogP contribution in [-0.4, -0.2) is 62.0 Å². The van der Waals surface area contributed by atoms with Crippen molar-refractivity contribution in [2.75, 3.05) is 34.3 Å². The molecule has 0 saturated heterocycles. The minimum absolute atomic E-state index is 0.00480. The Labute approximate surface area is 157 Å². The van der Waals surface area contributed by atoms with Crippen molar-refractivity contribution < 1.29 is 9.53 Å². The van der Waals surface area contributed by atoms with E-state index in [0.717, 1.165) is 31.1 Å². The van der Waals surface area contributed by atoms with Gasteiger partial charge in [-0.3, -0.25) is 4.79 Å². The molecule has 0 bridgehead atoms. The summed E-state index contributed by atoms with van der Waals surface area (Å²) in [5.74, 6) is 1.68. The highest BCUT2D eigenvalue weighted by molar-refractivity contribution is 5.84. The lowest BCUT2D eigenvalue weighted by Gasteiger charge is -2.25. The zero-order chi connectivity index (χ0) is 18.9. The van der Waals surface area contributed by atoms with Crippen LogP contribution in [0.5, 0.6) is 5.75 Å². The lowest BCUT2D eigenvalue weighted by atomic mass is 10.2. The van der Waals surface area contributed by atoms with Crippen LogP contribution in [-0.2, 0) is 11.3 Å². The third-order valence-corrected chi connectivity index (χ3v) is 4.57. The molecule has 6 nitrogen and oxygen atoms in total. The first-order chi connectivity index (χ1) is 12.5. The molecule has 1 fully saturated rings. The number of nitrogens with one attached hydrogen (secondary N) is 1. The van der Waals surface area contributed by atoms with Gasteiger partial charge in [-0.05, 0) is 37.5 Å². The molecule has 0 aliphatic heterocycles. The van der Waals surface area contributed by atoms with E-state index >= 15 is 0 Å². The Morgan fingerprint density at radius 2 is 1.85 bits per heavy atom. The summed E-state index contributed by atoms with van der Waals surface area (Å²) in [6.07, 6.45) is 4.84. The van der Waals surface area contributed by atoms with Crippen molar-refractivity contribution in [2.45, 2.75) is 45.2 Å². The van der Waals surface area contributed by atoms with Crippen LogP contribution >= 0.6 is 0 Å². The fourth-order valence-electron chi connectivity index (χ4n) is 3.02. The highest BCUT2D eigenvalue weighted by atomic mass is 16.5. The van der Waals surface area contributed by atoms with Crippen LogP contribution in [0.1, 0.15) is 38.2 Å². The van der Waals surface area contributed by atoms with E-state index in [4.69, 9.17) is 4.74 Å². The molecule has 0 spiro atoms. The van der Waals surface area contributed by atoms with Crippen LogP contribution in [0.4, 0.5) is 0 Å². The Morgan fingerprint density at radius 1 is 1.19 bits per heavy atom. The molecule has 26 heavy (non-hydrogen) atoms. The second kappa shape index (κ2) is 10.0. The Morgan fingerprint density at radius 3 is 2.42 bits per heavy atom. The highest BCUT2D eigenvalue weighted by Gasteiger charge is 2.18. The maximum absolute atomic E-state index is 11.9. The van der Waals surface area contributed by atoms with Crippen LogP contribution in [0.2, 0.25) is 0 Å². The van der Waals surface area contributed by atoms with E-state index in [0.29, 0.717) is 12.6 Å². The lowest BCUT2D eigenvalue weighted by Crippen LogP contribution is -2.43. The normalized spacial score (nSPS) is 15.0. The van der Waals surface area contributed by atoms with Crippen LogP contribution in [0.3, 0.4) is 0 Å². The summed E-state index contributed by atoms with van der Waals surface area (Å²) in [5.41, 5.74) is 1.18. The van der Waals surface area contributed by atoms with Crippen molar-refractivity contribution in [3.8, 4) is 5.75 Å². The minimum atomic E-state index is 0.00480. The molecule has 0 aromatic heterocycles. The van der Waals surface area contributed by atoms with Gasteiger partial charge in [0.25, 0.3) is 0 Å². The zero-order valence-corrected chi connectivity index (χ0v) is 16.5. The predicted octanol–water partition coefficient (Wildman–Crippen LogP) is 2.49. The first-order valence-electron chi connectivity index (χ1n) is 9.43. The number of aliphatic imine (C=N–C) groups is 1. The number of guanidine groups is 1. The van der Waals surface area contributed by atoms with Crippen LogP contribution < -0.4 is 10.1 Å². The predicted molar refractivity (Wildman–Crippen MR) is 105 cm³/mol. The van der Waals surface area contributed by atoms with Crippen molar-refractivity contribution >= 4 is 11.9 Å². The number of benzene rings is 1. The van der Waals surface area contributed by atoms with Crippen molar-refractivity contribution in [3.05, 3.63) is 29.8 Å². The fourth-order valence-corrected chi connectivity index (χ4v) is 3.02. The number of likely N-dealkylation sites (N-methyl/N-ethyl adjacent to an activating group) is 1. The van der Waals surface area contributed by atoms with E-state index in [2.05, 4.69) is 27.3 Å². The van der Waals surface area contributed by atoms with Crippen molar-refractivity contribution in [3.63, 3.8) is 0 Å². The number of hydrogen-bond donors (Lipinski definition) is 1. The number of nitrogens with zero attached hydrogens (tertiary/aromatic N) is 3. The quantitative estimate of drug-likeness (QED) is 0.600. The average Bonchev–Trinajstić information content (AvgIpc) is 3.13. The molecule has 0 heterocycles. The number of carbonyl (C=O) groups is 1. The van der Waals surface area contributed by atoms with Crippen LogP contribution in [0.15, 0.2) is 29.3 Å². The molecule has 1 aromatic rings. The molecule has 0 radical (unpaired) electrons. The second-order valence-corrected chi connectivity index (χ2v) is 6.99. The molecule has 2 rings (SSSR count). The van der Waals surface area contributed by atoms with E-state index < -0.39 is 0 Å². The Hall–Kier alpha value is -2.24. The third-order valence-electron chi connectivity index (χ3n) is 4.57. The van der Waals surface area contributed by atoms with E-state index in [1.807, 2.05) is 26.1 Å². The summed E-state index contributed by atoms with van der Waals surface area (Å²) in [7, 11) is 5.52. The number of carbonyl (C=O) groups excluding carboxylic acids is 1. The molecule has 1 amide bonds. The summed E-state index contributed by atoms with van der Waals surface area (Å²) >= 11 is 0. The first-order valence-corrected chi connectivity index (χ1v) is 9.43. The first kappa shape index (κ1) is 20.1. The van der Waals surface area contributed by atoms with Gasteiger partial charge in [-0.15, -0.1) is 0 Å². The number of rotatable bonds is 7. The smallest absolute Gasteiger partial charge is 0.243 e. The average molecular weight is 361 g/mol. The highest BCUT2D eigenvalue weighted by Crippen LogP contribution is 2.18. The van der Waals surface area contributed by atoms with Crippen molar-refractivity contribution in [1.29, 1.82) is 0 Å². The Balaban J connectivity index is 2.03. The molecule has 1 aliphatic carbocycles. The van der Waals surface area contributed by atoms with E-state index in [9.17, 15) is 4.79 Å². The van der Waals surface area contributed by atoms with Crippen LogP contribution in [0, 0.1) is 0 Å². The SMILES string of the molecule is CCOc1ccc(CN(C)C(=NCC(=O)N(C)C)NC2CCCC2)cc1. The molecule has 0 atom stereocenters. The zero-order valence-electron chi connectivity index (χ0n) is 16.5. The van der Waals surface area contributed by atoms with Gasteiger partial charge in [-0.2, -0.15) is 0 Å². The van der Waals surface area contributed by atoms with E-state index in [-0.39, 0.29) is 12.5 Å². The number of ether oxygens (including phenoxy) is 1. The van der Waals surface area contributed by atoms with Gasteiger partial charge in [0.1, 0.15) is 12.3 Å². The van der Waals surface area contributed by atoms with Gasteiger partial charge in [0.05, 0.1) is 6.61 Å². The second-order valence-electron chi connectivity index (χ2n) is 6.99. The molecule has 1 N–H and O–H groups in total. The maximum Gasteiger partial charge on any atom is 0.243 e. The largest absolute Gasteiger partial charge is 0.494 e. The summed E-state index contributed by atoms with van der Waals surface area (Å²) in [5, 5.41) is 3.54. The monoisotopic (exact) mass is 360 g/mol. The summed E-state index contributed by atoms with van der Waals surface area (Å²) < 4.78 is 5.50. The summed E-state index contributed by atoms with van der Waals surface area (Å²) in [6.45, 7) is 3.53. The van der Waals surface area contributed by atoms with Gasteiger partial charge < -0.3 is 19.9 Å². The number of amides is 1. The van der Waals surface area contributed by atoms with Gasteiger partial charge in [0.2, 0.25) is 5.91 Å². The standard InChI is InChI=1S/C20H32N4O2/c1-5-26-18-12-10-16(11-13-18)15-24(4)20(21-14-19(25)23(2)3)22-17-8-6-7-9-17/h10-13,17H,5-9,14-15H2,1-4H3,(H,21,22). The molecule has 144 valence electrons. The van der Waals surface area contributed by atoms with E-state index in [1.54, 1.807) is 19.0 Å². The minimum Gasteiger partial charge on any atom is -0.494 e. The Bertz CT molecular complexity index is 592. The van der Waals surface area contributed by atoms with Gasteiger partial charge in [0, 0.05) is 33.7 Å². The molecule has 1 aliphatic rings. The van der Waals surface area contributed by atoms with Gasteiger partial charge in [-0.25, -0.2) is 4.99 Å². The summed E-state index contributed by atoms with van der Waals surface area (Å²) in [6, 6.07) is 8.57. The molecule has 6 heteroatoms. The van der Waals surface area contributed by atoms with Crippen molar-refractivity contribution in [2.24, 2.45) is 4.99 Å². The lowest BCUT2D eigenvalue weighted by molar-refractivity contribution is -0.127. The number of hydrogen-bond acceptors (Lipinski definition) is 3. The topological polar surface area (TPSA) is 57.2 Å². The molecular formula is C20H32N4O2. The molecule has 1 aromatic carbocycles. The maximum atomic E-state index is 11.9. The molecule has 0 unspecified atom stereocenters.